The van der Waals surface area contributed by atoms with Gasteiger partial charge < -0.3 is 10.0 Å². The lowest BCUT2D eigenvalue weighted by molar-refractivity contribution is -0.144. The minimum absolute atomic E-state index is 0.404. The van der Waals surface area contributed by atoms with Gasteiger partial charge >= 0.3 is 5.97 Å². The van der Waals surface area contributed by atoms with Crippen molar-refractivity contribution in [2.75, 3.05) is 24.5 Å². The Hall–Kier alpha value is -2.51. The number of rotatable bonds is 7. The van der Waals surface area contributed by atoms with Crippen LogP contribution < -0.4 is 4.90 Å². The highest BCUT2D eigenvalue weighted by atomic mass is 32.1. The molecule has 1 aliphatic carbocycles. The smallest absolute Gasteiger partial charge is 0.320 e. The summed E-state index contributed by atoms with van der Waals surface area (Å²) in [6, 6.07) is 10.5. The molecular weight excluding hydrogens is 420 g/mol. The Morgan fingerprint density at radius 1 is 1.19 bits per heavy atom. The van der Waals surface area contributed by atoms with Crippen molar-refractivity contribution >= 4 is 33.3 Å². The Kier molecular flexibility index (Phi) is 6.11. The molecular formula is C25H30N4O2S. The zero-order valence-corrected chi connectivity index (χ0v) is 19.3. The highest BCUT2D eigenvalue weighted by molar-refractivity contribution is 7.17. The molecule has 2 aromatic heterocycles. The van der Waals surface area contributed by atoms with Gasteiger partial charge in [-0.3, -0.25) is 9.69 Å². The molecule has 168 valence electrons. The van der Waals surface area contributed by atoms with E-state index in [1.54, 1.807) is 17.7 Å². The molecule has 1 saturated carbocycles. The predicted octanol–water partition coefficient (Wildman–Crippen LogP) is 4.90. The molecule has 0 amide bonds. The largest absolute Gasteiger partial charge is 0.480 e. The van der Waals surface area contributed by atoms with Crippen LogP contribution in [0.2, 0.25) is 0 Å². The zero-order valence-electron chi connectivity index (χ0n) is 18.5. The van der Waals surface area contributed by atoms with Gasteiger partial charge in [-0.05, 0) is 44.1 Å². The fourth-order valence-electron chi connectivity index (χ4n) is 5.04. The Morgan fingerprint density at radius 2 is 1.94 bits per heavy atom. The molecule has 2 aliphatic rings. The van der Waals surface area contributed by atoms with Crippen molar-refractivity contribution in [1.29, 1.82) is 0 Å². The van der Waals surface area contributed by atoms with E-state index in [0.29, 0.717) is 12.0 Å². The lowest BCUT2D eigenvalue weighted by Gasteiger charge is -2.43. The molecule has 2 fully saturated rings. The van der Waals surface area contributed by atoms with E-state index in [1.807, 2.05) is 13.0 Å². The number of nitrogens with zero attached hydrogens (tertiary/aromatic N) is 4. The number of thiophene rings is 1. The summed E-state index contributed by atoms with van der Waals surface area (Å²) in [5, 5.41) is 12.9. The maximum absolute atomic E-state index is 11.6. The maximum Gasteiger partial charge on any atom is 0.320 e. The molecule has 6 nitrogen and oxygen atoms in total. The van der Waals surface area contributed by atoms with Gasteiger partial charge in [-0.2, -0.15) is 0 Å². The van der Waals surface area contributed by atoms with E-state index in [-0.39, 0.29) is 0 Å². The first-order chi connectivity index (χ1) is 15.6. The van der Waals surface area contributed by atoms with Gasteiger partial charge in [-0.15, -0.1) is 11.3 Å². The van der Waals surface area contributed by atoms with Crippen molar-refractivity contribution in [2.24, 2.45) is 5.92 Å². The average Bonchev–Trinajstić information content (AvgIpc) is 3.22. The second-order valence-corrected chi connectivity index (χ2v) is 9.98. The first kappa shape index (κ1) is 21.3. The summed E-state index contributed by atoms with van der Waals surface area (Å²) in [5.41, 5.74) is 2.40. The van der Waals surface area contributed by atoms with Gasteiger partial charge in [0.2, 0.25) is 0 Å². The molecule has 1 aliphatic heterocycles. The van der Waals surface area contributed by atoms with Gasteiger partial charge in [0.15, 0.2) is 0 Å². The van der Waals surface area contributed by atoms with Crippen molar-refractivity contribution in [2.45, 2.75) is 51.1 Å². The molecule has 7 heteroatoms. The van der Waals surface area contributed by atoms with Crippen molar-refractivity contribution in [3.8, 4) is 11.1 Å². The third kappa shape index (κ3) is 4.11. The van der Waals surface area contributed by atoms with E-state index in [9.17, 15) is 9.90 Å². The van der Waals surface area contributed by atoms with Crippen LogP contribution in [0.3, 0.4) is 0 Å². The number of piperidine rings is 1. The predicted molar refractivity (Wildman–Crippen MR) is 129 cm³/mol. The number of aliphatic carboxylic acids is 1. The third-order valence-electron chi connectivity index (χ3n) is 7.22. The van der Waals surface area contributed by atoms with Crippen LogP contribution in [0.25, 0.3) is 21.3 Å². The number of hydrogen-bond acceptors (Lipinski definition) is 6. The number of carbonyl (C=O) groups is 1. The van der Waals surface area contributed by atoms with Crippen LogP contribution >= 0.6 is 11.3 Å². The second kappa shape index (κ2) is 9.16. The molecule has 1 atom stereocenters. The minimum Gasteiger partial charge on any atom is -0.480 e. The van der Waals surface area contributed by atoms with Gasteiger partial charge in [-0.1, -0.05) is 36.8 Å². The van der Waals surface area contributed by atoms with Crippen molar-refractivity contribution in [3.63, 3.8) is 0 Å². The van der Waals surface area contributed by atoms with Crippen LogP contribution in [0.15, 0.2) is 42.0 Å². The van der Waals surface area contributed by atoms with Crippen LogP contribution in [0.4, 0.5) is 5.82 Å². The summed E-state index contributed by atoms with van der Waals surface area (Å²) in [5.74, 6) is 0.856. The fraction of sp³-hybridized carbons (Fsp3) is 0.480. The molecule has 3 heterocycles. The van der Waals surface area contributed by atoms with Gasteiger partial charge in [0.25, 0.3) is 0 Å². The van der Waals surface area contributed by atoms with E-state index in [4.69, 9.17) is 4.98 Å². The molecule has 0 spiro atoms. The second-order valence-electron chi connectivity index (χ2n) is 9.12. The highest BCUT2D eigenvalue weighted by Gasteiger charge is 2.34. The number of benzene rings is 1. The van der Waals surface area contributed by atoms with E-state index >= 15 is 0 Å². The van der Waals surface area contributed by atoms with E-state index in [1.165, 1.54) is 17.5 Å². The van der Waals surface area contributed by atoms with Gasteiger partial charge in [0.1, 0.15) is 23.0 Å². The molecule has 32 heavy (non-hydrogen) atoms. The number of carboxylic acids is 1. The van der Waals surface area contributed by atoms with Crippen LogP contribution in [0.5, 0.6) is 0 Å². The lowest BCUT2D eigenvalue weighted by Crippen LogP contribution is -2.51. The van der Waals surface area contributed by atoms with E-state index in [0.717, 1.165) is 61.4 Å². The van der Waals surface area contributed by atoms with Crippen LogP contribution in [-0.4, -0.2) is 57.7 Å². The summed E-state index contributed by atoms with van der Waals surface area (Å²) >= 11 is 1.67. The van der Waals surface area contributed by atoms with Crippen LogP contribution in [0, 0.1) is 5.92 Å². The normalized spacial score (nSPS) is 18.8. The number of aromatic nitrogens is 2. The van der Waals surface area contributed by atoms with E-state index < -0.39 is 12.0 Å². The summed E-state index contributed by atoms with van der Waals surface area (Å²) in [6.45, 7) is 4.62. The minimum atomic E-state index is -0.705. The molecule has 1 N–H and O–H groups in total. The molecule has 5 rings (SSSR count). The lowest BCUT2D eigenvalue weighted by atomic mass is 9.88. The van der Waals surface area contributed by atoms with Crippen molar-refractivity contribution < 1.29 is 9.90 Å². The summed E-state index contributed by atoms with van der Waals surface area (Å²) < 4.78 is 0. The highest BCUT2D eigenvalue weighted by Crippen LogP contribution is 2.39. The standard InChI is InChI=1S/C25H30N4O2S/c1-17(25(30)31)29(20-8-5-9-20)14-18-10-12-28(13-11-18)23-22-21(19-6-3-2-4-7-19)15-32-24(22)27-16-26-23/h2-4,6-7,15-18,20H,5,8-14H2,1H3,(H,30,31). The van der Waals surface area contributed by atoms with Crippen molar-refractivity contribution in [1.82, 2.24) is 14.9 Å². The Morgan fingerprint density at radius 3 is 2.59 bits per heavy atom. The number of fused-ring (bicyclic) bond motifs is 1. The third-order valence-corrected chi connectivity index (χ3v) is 8.10. The summed E-state index contributed by atoms with van der Waals surface area (Å²) in [4.78, 5) is 26.6. The molecule has 1 saturated heterocycles. The molecule has 0 bridgehead atoms. The van der Waals surface area contributed by atoms with Gasteiger partial charge in [-0.25, -0.2) is 9.97 Å². The van der Waals surface area contributed by atoms with Crippen LogP contribution in [-0.2, 0) is 4.79 Å². The number of anilines is 1. The zero-order chi connectivity index (χ0) is 22.1. The first-order valence-electron chi connectivity index (χ1n) is 11.6. The molecule has 1 aromatic carbocycles. The van der Waals surface area contributed by atoms with Crippen LogP contribution in [0.1, 0.15) is 39.0 Å². The monoisotopic (exact) mass is 450 g/mol. The SMILES string of the molecule is CC(C(=O)O)N(CC1CCN(c2ncnc3scc(-c4ccccc4)c23)CC1)C1CCC1. The topological polar surface area (TPSA) is 69.6 Å². The Balaban J connectivity index is 1.32. The quantitative estimate of drug-likeness (QED) is 0.552. The Labute approximate surface area is 192 Å². The van der Waals surface area contributed by atoms with Gasteiger partial charge in [0.05, 0.1) is 5.39 Å². The fourth-order valence-corrected chi connectivity index (χ4v) is 5.95. The molecule has 0 radical (unpaired) electrons. The number of hydrogen-bond donors (Lipinski definition) is 1. The summed E-state index contributed by atoms with van der Waals surface area (Å²) in [7, 11) is 0. The van der Waals surface area contributed by atoms with Crippen molar-refractivity contribution in [3.05, 3.63) is 42.0 Å². The molecule has 1 unspecified atom stereocenters. The summed E-state index contributed by atoms with van der Waals surface area (Å²) in [6.07, 6.45) is 7.30. The average molecular weight is 451 g/mol. The maximum atomic E-state index is 11.6. The van der Waals surface area contributed by atoms with Gasteiger partial charge in [0, 0.05) is 36.6 Å². The number of carboxylic acid groups (broad SMARTS) is 1. The Bertz CT molecular complexity index is 1070. The molecule has 3 aromatic rings. The first-order valence-corrected chi connectivity index (χ1v) is 12.5. The van der Waals surface area contributed by atoms with E-state index in [2.05, 4.69) is 44.4 Å².